The van der Waals surface area contributed by atoms with E-state index in [-0.39, 0.29) is 0 Å². The van der Waals surface area contributed by atoms with Crippen LogP contribution < -0.4 is 5.11 Å². The third-order valence-corrected chi connectivity index (χ3v) is 1.36. The zero-order valence-corrected chi connectivity index (χ0v) is 5.50. The van der Waals surface area contributed by atoms with Crippen molar-refractivity contribution < 1.29 is 28.0 Å². The minimum Gasteiger partial charge on any atom is -0.748 e. The first-order valence-corrected chi connectivity index (χ1v) is 3.73. The van der Waals surface area contributed by atoms with Gasteiger partial charge < -0.3 is 19.6 Å². The van der Waals surface area contributed by atoms with E-state index in [2.05, 4.69) is 0 Å². The highest BCUT2D eigenvalue weighted by molar-refractivity contribution is 7.85. The van der Waals surface area contributed by atoms with Crippen LogP contribution in [0.25, 0.3) is 0 Å². The van der Waals surface area contributed by atoms with Crippen LogP contribution in [-0.2, 0) is 14.9 Å². The maximum Gasteiger partial charge on any atom is 0.106 e. The van der Waals surface area contributed by atoms with Gasteiger partial charge in [0.1, 0.15) is 6.10 Å². The van der Waals surface area contributed by atoms with E-state index in [0.29, 0.717) is 0 Å². The first kappa shape index (κ1) is 9.34. The van der Waals surface area contributed by atoms with Crippen LogP contribution in [0.2, 0.25) is 0 Å². The van der Waals surface area contributed by atoms with Gasteiger partial charge in [0.05, 0.1) is 21.8 Å². The summed E-state index contributed by atoms with van der Waals surface area (Å²) in [5.41, 5.74) is 0. The molecule has 0 aliphatic rings. The Morgan fingerprint density at radius 2 is 2.00 bits per heavy atom. The zero-order valence-electron chi connectivity index (χ0n) is 4.68. The predicted molar refractivity (Wildman–Crippen MR) is 25.6 cm³/mol. The van der Waals surface area contributed by atoms with Crippen molar-refractivity contribution in [2.24, 2.45) is 0 Å². The fourth-order valence-corrected chi connectivity index (χ4v) is 0.784. The highest BCUT2D eigenvalue weighted by Gasteiger charge is 2.08. The number of hydrogen-bond acceptors (Lipinski definition) is 6. The number of rotatable bonds is 3. The molecule has 0 aromatic carbocycles. The summed E-state index contributed by atoms with van der Waals surface area (Å²) in [7, 11) is -4.69. The van der Waals surface area contributed by atoms with E-state index >= 15 is 0 Å². The van der Waals surface area contributed by atoms with Gasteiger partial charge in [-0.1, -0.05) is 0 Å². The summed E-state index contributed by atoms with van der Waals surface area (Å²) in [6, 6.07) is 0. The molecule has 0 aliphatic carbocycles. The van der Waals surface area contributed by atoms with E-state index in [1.807, 2.05) is 0 Å². The minimum atomic E-state index is -4.69. The molecule has 0 radical (unpaired) electrons. The second-order valence-corrected chi connectivity index (χ2v) is 3.01. The topological polar surface area (TPSA) is 118 Å². The van der Waals surface area contributed by atoms with Crippen molar-refractivity contribution in [3.63, 3.8) is 0 Å². The first-order chi connectivity index (χ1) is 4.33. The van der Waals surface area contributed by atoms with Crippen molar-refractivity contribution in [1.82, 2.24) is 0 Å². The summed E-state index contributed by atoms with van der Waals surface area (Å²) in [4.78, 5) is 9.61. The molecule has 0 saturated carbocycles. The van der Waals surface area contributed by atoms with Crippen molar-refractivity contribution in [3.8, 4) is 0 Å². The van der Waals surface area contributed by atoms with Crippen LogP contribution in [0.3, 0.4) is 0 Å². The molecule has 0 heterocycles. The fraction of sp³-hybridized carbons (Fsp3) is 0.667. The number of aliphatic hydroxyl groups excluding tert-OH is 1. The van der Waals surface area contributed by atoms with E-state index in [1.165, 1.54) is 0 Å². The molecule has 1 unspecified atom stereocenters. The van der Waals surface area contributed by atoms with E-state index in [4.69, 9.17) is 5.11 Å². The van der Waals surface area contributed by atoms with Crippen molar-refractivity contribution in [2.75, 3.05) is 5.75 Å². The van der Waals surface area contributed by atoms with Crippen LogP contribution in [0, 0.1) is 0 Å². The Morgan fingerprint density at radius 3 is 2.10 bits per heavy atom. The molecule has 1 N–H and O–H groups in total. The highest BCUT2D eigenvalue weighted by Crippen LogP contribution is 1.87. The quantitative estimate of drug-likeness (QED) is 0.440. The van der Waals surface area contributed by atoms with E-state index in [1.54, 1.807) is 0 Å². The smallest absolute Gasteiger partial charge is 0.106 e. The summed E-state index contributed by atoms with van der Waals surface area (Å²) in [5.74, 6) is -3.32. The van der Waals surface area contributed by atoms with Gasteiger partial charge in [-0.3, -0.25) is 0 Å². The maximum absolute atomic E-state index is 9.74. The minimum absolute atomic E-state index is 1.35. The molecule has 0 aromatic rings. The molecule has 7 heteroatoms. The Kier molecular flexibility index (Phi) is 2.76. The molecule has 0 fully saturated rings. The molecule has 0 saturated heterocycles. The number of carbonyl (C=O) groups is 1. The molecule has 6 nitrogen and oxygen atoms in total. The highest BCUT2D eigenvalue weighted by atomic mass is 32.2. The average Bonchev–Trinajstić information content (AvgIpc) is 1.60. The Bertz CT molecular complexity index is 215. The molecule has 0 aromatic heterocycles. The number of carboxylic acids is 1. The lowest BCUT2D eigenvalue weighted by molar-refractivity contribution is -0.313. The molecule has 0 spiro atoms. The van der Waals surface area contributed by atoms with Crippen LogP contribution in [0.4, 0.5) is 0 Å². The van der Waals surface area contributed by atoms with Crippen molar-refractivity contribution in [3.05, 3.63) is 0 Å². The molecule has 10 heavy (non-hydrogen) atoms. The van der Waals surface area contributed by atoms with Gasteiger partial charge in [-0.15, -0.1) is 0 Å². The van der Waals surface area contributed by atoms with Gasteiger partial charge in [0.25, 0.3) is 0 Å². The standard InChI is InChI=1S/C3H6O6S/c4-2(3(5)6)1-10(7,8)9/h2,4H,1H2,(H,5,6)(H,7,8,9)/p-2. The molecule has 0 amide bonds. The monoisotopic (exact) mass is 168 g/mol. The number of carboxylic acid groups (broad SMARTS) is 1. The zero-order chi connectivity index (χ0) is 8.36. The summed E-state index contributed by atoms with van der Waals surface area (Å²) in [5, 5.41) is 17.8. The summed E-state index contributed by atoms with van der Waals surface area (Å²) in [6.45, 7) is 0. The van der Waals surface area contributed by atoms with Crippen LogP contribution in [0.5, 0.6) is 0 Å². The normalized spacial score (nSPS) is 14.6. The van der Waals surface area contributed by atoms with Crippen molar-refractivity contribution in [1.29, 1.82) is 0 Å². The Hall–Kier alpha value is -0.660. The van der Waals surface area contributed by atoms with Gasteiger partial charge in [0, 0.05) is 0 Å². The predicted octanol–water partition coefficient (Wildman–Crippen LogP) is -3.36. The van der Waals surface area contributed by atoms with Crippen LogP contribution >= 0.6 is 0 Å². The molecule has 0 rings (SSSR count). The maximum atomic E-state index is 9.74. The first-order valence-electron chi connectivity index (χ1n) is 2.15. The second-order valence-electron chi connectivity index (χ2n) is 1.56. The Morgan fingerprint density at radius 1 is 1.60 bits per heavy atom. The molecular weight excluding hydrogens is 164 g/mol. The number of aliphatic hydroxyl groups is 1. The van der Waals surface area contributed by atoms with E-state index in [9.17, 15) is 22.9 Å². The van der Waals surface area contributed by atoms with E-state index in [0.717, 1.165) is 0 Å². The number of hydrogen-bond donors (Lipinski definition) is 1. The number of aliphatic carboxylic acids is 1. The second kappa shape index (κ2) is 2.95. The molecule has 0 aliphatic heterocycles. The van der Waals surface area contributed by atoms with Crippen LogP contribution in [0.15, 0.2) is 0 Å². The van der Waals surface area contributed by atoms with Crippen LogP contribution in [0.1, 0.15) is 0 Å². The van der Waals surface area contributed by atoms with Crippen molar-refractivity contribution >= 4 is 16.1 Å². The van der Waals surface area contributed by atoms with Crippen molar-refractivity contribution in [2.45, 2.75) is 6.10 Å². The Balaban J connectivity index is 4.06. The summed E-state index contributed by atoms with van der Waals surface area (Å²) < 4.78 is 29.2. The SMILES string of the molecule is O=C([O-])C(O)CS(=O)(=O)[O-]. The molecule has 60 valence electrons. The third kappa shape index (κ3) is 4.24. The van der Waals surface area contributed by atoms with Gasteiger partial charge in [0.15, 0.2) is 0 Å². The number of carbonyl (C=O) groups excluding carboxylic acids is 1. The largest absolute Gasteiger partial charge is 0.748 e. The Labute approximate surface area is 56.8 Å². The van der Waals surface area contributed by atoms with Gasteiger partial charge in [-0.05, 0) is 0 Å². The van der Waals surface area contributed by atoms with Crippen LogP contribution in [-0.4, -0.2) is 35.9 Å². The average molecular weight is 168 g/mol. The molecular formula is C3H4O6S-2. The third-order valence-electron chi connectivity index (χ3n) is 0.634. The lowest BCUT2D eigenvalue weighted by atomic mass is 10.4. The molecule has 0 bridgehead atoms. The van der Waals surface area contributed by atoms with Gasteiger partial charge in [-0.2, -0.15) is 0 Å². The van der Waals surface area contributed by atoms with Gasteiger partial charge >= 0.3 is 0 Å². The fourth-order valence-electron chi connectivity index (χ4n) is 0.261. The summed E-state index contributed by atoms with van der Waals surface area (Å²) >= 11 is 0. The summed E-state index contributed by atoms with van der Waals surface area (Å²) in [6.07, 6.45) is -2.23. The lowest BCUT2D eigenvalue weighted by Crippen LogP contribution is -2.39. The lowest BCUT2D eigenvalue weighted by Gasteiger charge is -2.13. The van der Waals surface area contributed by atoms with Gasteiger partial charge in [0.2, 0.25) is 0 Å². The van der Waals surface area contributed by atoms with E-state index < -0.39 is 27.9 Å². The molecule has 1 atom stereocenters. The van der Waals surface area contributed by atoms with Gasteiger partial charge in [-0.25, -0.2) is 8.42 Å².